The summed E-state index contributed by atoms with van der Waals surface area (Å²) in [6.07, 6.45) is 1.55. The highest BCUT2D eigenvalue weighted by atomic mass is 19.1. The molecule has 1 aromatic rings. The van der Waals surface area contributed by atoms with Crippen LogP contribution >= 0.6 is 0 Å². The topological polar surface area (TPSA) is 61.4 Å². The molecule has 1 heterocycles. The smallest absolute Gasteiger partial charge is 0.237 e. The molecule has 25 heavy (non-hydrogen) atoms. The maximum absolute atomic E-state index is 13.0. The van der Waals surface area contributed by atoms with Crippen molar-refractivity contribution >= 4 is 11.8 Å². The molecule has 0 spiro atoms. The van der Waals surface area contributed by atoms with Gasteiger partial charge in [-0.3, -0.25) is 14.5 Å². The maximum atomic E-state index is 13.0. The first-order chi connectivity index (χ1) is 11.9. The number of likely N-dealkylation sites (tertiary alicyclic amines) is 1. The summed E-state index contributed by atoms with van der Waals surface area (Å²) in [7, 11) is 0. The van der Waals surface area contributed by atoms with Crippen LogP contribution in [0.25, 0.3) is 0 Å². The van der Waals surface area contributed by atoms with E-state index < -0.39 is 0 Å². The molecule has 138 valence electrons. The molecule has 0 radical (unpaired) electrons. The van der Waals surface area contributed by atoms with Gasteiger partial charge in [0, 0.05) is 12.5 Å². The lowest BCUT2D eigenvalue weighted by Gasteiger charge is -2.35. The molecule has 1 aliphatic heterocycles. The van der Waals surface area contributed by atoms with Crippen molar-refractivity contribution in [2.75, 3.05) is 19.6 Å². The monoisotopic (exact) mass is 349 g/mol. The van der Waals surface area contributed by atoms with Crippen LogP contribution in [0.1, 0.15) is 45.2 Å². The predicted molar refractivity (Wildman–Crippen MR) is 95.4 cm³/mol. The quantitative estimate of drug-likeness (QED) is 0.828. The van der Waals surface area contributed by atoms with E-state index in [2.05, 4.69) is 15.5 Å². The van der Waals surface area contributed by atoms with Crippen LogP contribution in [0, 0.1) is 11.7 Å². The Hall–Kier alpha value is -1.95. The van der Waals surface area contributed by atoms with Gasteiger partial charge in [-0.25, -0.2) is 4.39 Å². The Labute approximate surface area is 149 Å². The maximum Gasteiger partial charge on any atom is 0.237 e. The third kappa shape index (κ3) is 5.26. The molecule has 1 aromatic carbocycles. The number of carbonyl (C=O) groups is 2. The Bertz CT molecular complexity index is 583. The molecule has 2 amide bonds. The Morgan fingerprint density at radius 2 is 1.80 bits per heavy atom. The van der Waals surface area contributed by atoms with Gasteiger partial charge in [-0.15, -0.1) is 0 Å². The highest BCUT2D eigenvalue weighted by Crippen LogP contribution is 2.20. The third-order valence-electron chi connectivity index (χ3n) is 4.91. The highest BCUT2D eigenvalue weighted by molar-refractivity contribution is 5.82. The number of hydrogen-bond acceptors (Lipinski definition) is 3. The van der Waals surface area contributed by atoms with Crippen molar-refractivity contribution in [1.29, 1.82) is 0 Å². The average molecular weight is 349 g/mol. The zero-order valence-electron chi connectivity index (χ0n) is 15.2. The Kier molecular flexibility index (Phi) is 6.93. The largest absolute Gasteiger partial charge is 0.356 e. The molecular weight excluding hydrogens is 321 g/mol. The Morgan fingerprint density at radius 1 is 1.20 bits per heavy atom. The zero-order chi connectivity index (χ0) is 18.4. The molecule has 0 aromatic heterocycles. The summed E-state index contributed by atoms with van der Waals surface area (Å²) < 4.78 is 13.0. The first-order valence-electron chi connectivity index (χ1n) is 9.00. The van der Waals surface area contributed by atoms with Crippen LogP contribution in [0.5, 0.6) is 0 Å². The minimum Gasteiger partial charge on any atom is -0.356 e. The summed E-state index contributed by atoms with van der Waals surface area (Å²) in [4.78, 5) is 26.5. The van der Waals surface area contributed by atoms with Crippen molar-refractivity contribution in [2.24, 2.45) is 5.92 Å². The molecule has 5 nitrogen and oxygen atoms in total. The average Bonchev–Trinajstić information content (AvgIpc) is 2.61. The van der Waals surface area contributed by atoms with Gasteiger partial charge in [-0.05, 0) is 64.4 Å². The molecule has 0 saturated carbocycles. The van der Waals surface area contributed by atoms with Crippen molar-refractivity contribution in [3.05, 3.63) is 35.6 Å². The van der Waals surface area contributed by atoms with Gasteiger partial charge in [-0.2, -0.15) is 0 Å². The molecule has 1 fully saturated rings. The Balaban J connectivity index is 1.84. The van der Waals surface area contributed by atoms with E-state index in [9.17, 15) is 14.0 Å². The van der Waals surface area contributed by atoms with E-state index >= 15 is 0 Å². The minimum atomic E-state index is -0.286. The SMILES string of the molecule is CCNC(=O)C1CCN(C(C)C(=O)NC(C)c2ccc(F)cc2)CC1. The normalized spacial score (nSPS) is 18.4. The summed E-state index contributed by atoms with van der Waals surface area (Å²) in [6, 6.07) is 5.73. The highest BCUT2D eigenvalue weighted by Gasteiger charge is 2.29. The van der Waals surface area contributed by atoms with Gasteiger partial charge in [-0.1, -0.05) is 12.1 Å². The number of amides is 2. The molecule has 2 unspecified atom stereocenters. The zero-order valence-corrected chi connectivity index (χ0v) is 15.2. The summed E-state index contributed by atoms with van der Waals surface area (Å²) in [5, 5.41) is 5.85. The first-order valence-corrected chi connectivity index (χ1v) is 9.00. The Morgan fingerprint density at radius 3 is 2.36 bits per heavy atom. The van der Waals surface area contributed by atoms with Crippen molar-refractivity contribution in [1.82, 2.24) is 15.5 Å². The van der Waals surface area contributed by atoms with Crippen LogP contribution in [-0.2, 0) is 9.59 Å². The van der Waals surface area contributed by atoms with Gasteiger partial charge in [0.25, 0.3) is 0 Å². The molecule has 0 bridgehead atoms. The molecule has 2 N–H and O–H groups in total. The van der Waals surface area contributed by atoms with Gasteiger partial charge in [0.2, 0.25) is 11.8 Å². The van der Waals surface area contributed by atoms with E-state index in [1.807, 2.05) is 20.8 Å². The van der Waals surface area contributed by atoms with Gasteiger partial charge < -0.3 is 10.6 Å². The second-order valence-corrected chi connectivity index (χ2v) is 6.66. The standard InChI is InChI=1S/C19H28FN3O2/c1-4-21-19(25)16-9-11-23(12-10-16)14(3)18(24)22-13(2)15-5-7-17(20)8-6-15/h5-8,13-14,16H,4,9-12H2,1-3H3,(H,21,25)(H,22,24). The second-order valence-electron chi connectivity index (χ2n) is 6.66. The van der Waals surface area contributed by atoms with Crippen molar-refractivity contribution in [3.8, 4) is 0 Å². The van der Waals surface area contributed by atoms with Crippen molar-refractivity contribution < 1.29 is 14.0 Å². The number of halogens is 1. The number of carbonyl (C=O) groups excluding carboxylic acids is 2. The van der Waals surface area contributed by atoms with Crippen LogP contribution in [0.2, 0.25) is 0 Å². The fourth-order valence-corrected chi connectivity index (χ4v) is 3.20. The molecule has 2 atom stereocenters. The van der Waals surface area contributed by atoms with E-state index in [0.717, 1.165) is 31.5 Å². The van der Waals surface area contributed by atoms with E-state index in [-0.39, 0.29) is 35.6 Å². The van der Waals surface area contributed by atoms with Crippen LogP contribution in [-0.4, -0.2) is 42.4 Å². The number of hydrogen-bond donors (Lipinski definition) is 2. The van der Waals surface area contributed by atoms with Crippen molar-refractivity contribution in [3.63, 3.8) is 0 Å². The van der Waals surface area contributed by atoms with E-state index in [0.29, 0.717) is 6.54 Å². The van der Waals surface area contributed by atoms with E-state index in [4.69, 9.17) is 0 Å². The van der Waals surface area contributed by atoms with Gasteiger partial charge in [0.15, 0.2) is 0 Å². The number of rotatable bonds is 6. The summed E-state index contributed by atoms with van der Waals surface area (Å²) in [6.45, 7) is 7.82. The minimum absolute atomic E-state index is 0.0459. The fraction of sp³-hybridized carbons (Fsp3) is 0.579. The summed E-state index contributed by atoms with van der Waals surface area (Å²) in [5.41, 5.74) is 0.872. The molecular formula is C19H28FN3O2. The molecule has 6 heteroatoms. The fourth-order valence-electron chi connectivity index (χ4n) is 3.20. The van der Waals surface area contributed by atoms with Gasteiger partial charge in [0.1, 0.15) is 5.82 Å². The number of benzene rings is 1. The molecule has 2 rings (SSSR count). The van der Waals surface area contributed by atoms with Crippen LogP contribution < -0.4 is 10.6 Å². The summed E-state index contributed by atoms with van der Waals surface area (Å²) >= 11 is 0. The lowest BCUT2D eigenvalue weighted by atomic mass is 9.95. The van der Waals surface area contributed by atoms with Crippen LogP contribution in [0.4, 0.5) is 4.39 Å². The van der Waals surface area contributed by atoms with Gasteiger partial charge in [0.05, 0.1) is 12.1 Å². The third-order valence-corrected chi connectivity index (χ3v) is 4.91. The first kappa shape index (κ1) is 19.4. The number of nitrogens with zero attached hydrogens (tertiary/aromatic N) is 1. The molecule has 1 saturated heterocycles. The van der Waals surface area contributed by atoms with E-state index in [1.165, 1.54) is 12.1 Å². The van der Waals surface area contributed by atoms with Crippen molar-refractivity contribution in [2.45, 2.75) is 45.7 Å². The van der Waals surface area contributed by atoms with E-state index in [1.54, 1.807) is 12.1 Å². The lowest BCUT2D eigenvalue weighted by molar-refractivity contribution is -0.128. The molecule has 0 aliphatic carbocycles. The van der Waals surface area contributed by atoms with Crippen LogP contribution in [0.15, 0.2) is 24.3 Å². The van der Waals surface area contributed by atoms with Crippen LogP contribution in [0.3, 0.4) is 0 Å². The lowest BCUT2D eigenvalue weighted by Crippen LogP contribution is -2.50. The number of piperidine rings is 1. The predicted octanol–water partition coefficient (Wildman–Crippen LogP) is 2.24. The molecule has 1 aliphatic rings. The van der Waals surface area contributed by atoms with Gasteiger partial charge >= 0.3 is 0 Å². The summed E-state index contributed by atoms with van der Waals surface area (Å²) in [5.74, 6) is -0.173. The second kappa shape index (κ2) is 8.94. The number of nitrogens with one attached hydrogen (secondary N) is 2.